The van der Waals surface area contributed by atoms with Crippen LogP contribution in [0, 0.1) is 0 Å². The van der Waals surface area contributed by atoms with E-state index >= 15 is 0 Å². The number of fused-ring (bicyclic) bond motifs is 1. The van der Waals surface area contributed by atoms with Crippen LogP contribution in [-0.2, 0) is 17.7 Å². The fourth-order valence-corrected chi connectivity index (χ4v) is 3.40. The largest absolute Gasteiger partial charge is 0.385 e. The third kappa shape index (κ3) is 8.53. The smallest absolute Gasteiger partial charge is 0.191 e. The average molecular weight is 503 g/mol. The van der Waals surface area contributed by atoms with E-state index < -0.39 is 0 Å². The highest BCUT2D eigenvalue weighted by Gasteiger charge is 2.13. The lowest BCUT2D eigenvalue weighted by atomic mass is 10.00. The number of nitrogens with one attached hydrogen (secondary N) is 2. The zero-order chi connectivity index (χ0) is 19.5. The summed E-state index contributed by atoms with van der Waals surface area (Å²) in [7, 11) is 6.07. The molecule has 7 heteroatoms. The van der Waals surface area contributed by atoms with Crippen LogP contribution < -0.4 is 15.5 Å². The molecule has 1 aromatic rings. The van der Waals surface area contributed by atoms with E-state index in [4.69, 9.17) is 9.73 Å². The molecule has 0 saturated heterocycles. The number of aryl methyl sites for hydroxylation is 1. The molecule has 0 atom stereocenters. The number of benzene rings is 1. The van der Waals surface area contributed by atoms with Crippen LogP contribution in [0.1, 0.15) is 30.9 Å². The van der Waals surface area contributed by atoms with E-state index in [0.29, 0.717) is 6.54 Å². The van der Waals surface area contributed by atoms with Crippen LogP contribution in [0.4, 0.5) is 5.69 Å². The molecule has 0 saturated carbocycles. The molecular formula is C21H38IN5O. The molecule has 0 aliphatic carbocycles. The molecule has 1 aromatic carbocycles. The lowest BCUT2D eigenvalue weighted by molar-refractivity contribution is 0.180. The number of likely N-dealkylation sites (N-methyl/N-ethyl adjacent to an activating group) is 1. The van der Waals surface area contributed by atoms with Crippen LogP contribution in [0.5, 0.6) is 0 Å². The van der Waals surface area contributed by atoms with E-state index in [2.05, 4.69) is 59.7 Å². The van der Waals surface area contributed by atoms with Gasteiger partial charge in [-0.1, -0.05) is 12.1 Å². The molecule has 0 spiro atoms. The molecule has 160 valence electrons. The summed E-state index contributed by atoms with van der Waals surface area (Å²) in [6.07, 6.45) is 3.47. The van der Waals surface area contributed by atoms with Gasteiger partial charge in [0.15, 0.2) is 5.96 Å². The Morgan fingerprint density at radius 3 is 2.86 bits per heavy atom. The average Bonchev–Trinajstić information content (AvgIpc) is 2.66. The van der Waals surface area contributed by atoms with Gasteiger partial charge in [-0.2, -0.15) is 0 Å². The number of hydrogen-bond acceptors (Lipinski definition) is 4. The second kappa shape index (κ2) is 14.0. The quantitative estimate of drug-likeness (QED) is 0.223. The van der Waals surface area contributed by atoms with E-state index in [0.717, 1.165) is 51.7 Å². The summed E-state index contributed by atoms with van der Waals surface area (Å²) < 4.78 is 5.11. The van der Waals surface area contributed by atoms with E-state index in [1.165, 1.54) is 29.7 Å². The SMILES string of the molecule is CCNC(=NCc1ccc2c(c1)CCCN2C)NCCN(C)CCCOC.I. The second-order valence-electron chi connectivity index (χ2n) is 7.26. The van der Waals surface area contributed by atoms with Crippen LogP contribution in [0.2, 0.25) is 0 Å². The lowest BCUT2D eigenvalue weighted by Gasteiger charge is -2.27. The van der Waals surface area contributed by atoms with Crippen LogP contribution in [0.25, 0.3) is 0 Å². The van der Waals surface area contributed by atoms with Gasteiger partial charge in [-0.05, 0) is 50.4 Å². The van der Waals surface area contributed by atoms with Crippen LogP contribution in [0.3, 0.4) is 0 Å². The Morgan fingerprint density at radius 2 is 2.11 bits per heavy atom. The van der Waals surface area contributed by atoms with Gasteiger partial charge in [-0.25, -0.2) is 4.99 Å². The predicted molar refractivity (Wildman–Crippen MR) is 130 cm³/mol. The minimum atomic E-state index is 0. The molecule has 0 amide bonds. The zero-order valence-electron chi connectivity index (χ0n) is 18.0. The minimum Gasteiger partial charge on any atom is -0.385 e. The van der Waals surface area contributed by atoms with Gasteiger partial charge in [0, 0.05) is 59.2 Å². The number of aliphatic imine (C=N–C) groups is 1. The fourth-order valence-electron chi connectivity index (χ4n) is 3.40. The van der Waals surface area contributed by atoms with Crippen molar-refractivity contribution in [1.82, 2.24) is 15.5 Å². The third-order valence-electron chi connectivity index (χ3n) is 4.93. The first-order valence-corrected chi connectivity index (χ1v) is 10.2. The van der Waals surface area contributed by atoms with E-state index in [1.54, 1.807) is 7.11 Å². The Kier molecular flexibility index (Phi) is 12.5. The first kappa shape index (κ1) is 25.0. The third-order valence-corrected chi connectivity index (χ3v) is 4.93. The van der Waals surface area contributed by atoms with Crippen molar-refractivity contribution in [2.75, 3.05) is 65.4 Å². The number of anilines is 1. The number of rotatable bonds is 10. The fraction of sp³-hybridized carbons (Fsp3) is 0.667. The standard InChI is InChI=1S/C21H37N5O.HI/c1-5-22-21(23-11-14-25(2)12-7-15-27-4)24-17-18-9-10-20-19(16-18)8-6-13-26(20)3;/h9-10,16H,5-8,11-15,17H2,1-4H3,(H2,22,23,24);1H. The van der Waals surface area contributed by atoms with Crippen molar-refractivity contribution in [1.29, 1.82) is 0 Å². The van der Waals surface area contributed by atoms with Crippen molar-refractivity contribution in [2.45, 2.75) is 32.7 Å². The second-order valence-corrected chi connectivity index (χ2v) is 7.26. The summed E-state index contributed by atoms with van der Waals surface area (Å²) in [6.45, 7) is 8.55. The molecule has 28 heavy (non-hydrogen) atoms. The first-order valence-electron chi connectivity index (χ1n) is 10.2. The first-order chi connectivity index (χ1) is 13.1. The number of methoxy groups -OCH3 is 1. The Morgan fingerprint density at radius 1 is 1.29 bits per heavy atom. The Bertz CT molecular complexity index is 596. The number of guanidine groups is 1. The van der Waals surface area contributed by atoms with Crippen molar-refractivity contribution < 1.29 is 4.74 Å². The number of halogens is 1. The molecular weight excluding hydrogens is 465 g/mol. The molecule has 0 radical (unpaired) electrons. The molecule has 2 rings (SSSR count). The Balaban J connectivity index is 0.00000392. The number of nitrogens with zero attached hydrogens (tertiary/aromatic N) is 3. The van der Waals surface area contributed by atoms with Crippen molar-refractivity contribution in [3.05, 3.63) is 29.3 Å². The normalized spacial score (nSPS) is 13.9. The molecule has 1 heterocycles. The monoisotopic (exact) mass is 503 g/mol. The van der Waals surface area contributed by atoms with Gasteiger partial charge < -0.3 is 25.2 Å². The van der Waals surface area contributed by atoms with Gasteiger partial charge in [0.05, 0.1) is 6.54 Å². The highest BCUT2D eigenvalue weighted by atomic mass is 127. The Labute approximate surface area is 188 Å². The molecule has 0 fully saturated rings. The summed E-state index contributed by atoms with van der Waals surface area (Å²) in [5, 5.41) is 6.78. The lowest BCUT2D eigenvalue weighted by Crippen LogP contribution is -2.41. The minimum absolute atomic E-state index is 0. The van der Waals surface area contributed by atoms with Crippen molar-refractivity contribution in [3.8, 4) is 0 Å². The van der Waals surface area contributed by atoms with Crippen LogP contribution in [0.15, 0.2) is 23.2 Å². The Hall–Kier alpha value is -1.06. The molecule has 0 bridgehead atoms. The maximum atomic E-state index is 5.11. The highest BCUT2D eigenvalue weighted by molar-refractivity contribution is 14.0. The molecule has 2 N–H and O–H groups in total. The van der Waals surface area contributed by atoms with Gasteiger partial charge in [0.1, 0.15) is 0 Å². The number of ether oxygens (including phenoxy) is 1. The summed E-state index contributed by atoms with van der Waals surface area (Å²) in [6, 6.07) is 6.77. The highest BCUT2D eigenvalue weighted by Crippen LogP contribution is 2.26. The van der Waals surface area contributed by atoms with Gasteiger partial charge in [-0.3, -0.25) is 0 Å². The van der Waals surface area contributed by atoms with Crippen molar-refractivity contribution in [3.63, 3.8) is 0 Å². The summed E-state index contributed by atoms with van der Waals surface area (Å²) in [5.74, 6) is 0.887. The van der Waals surface area contributed by atoms with Gasteiger partial charge in [-0.15, -0.1) is 24.0 Å². The molecule has 1 aliphatic heterocycles. The van der Waals surface area contributed by atoms with E-state index in [1.807, 2.05) is 0 Å². The summed E-state index contributed by atoms with van der Waals surface area (Å²) in [4.78, 5) is 9.43. The predicted octanol–water partition coefficient (Wildman–Crippen LogP) is 2.71. The molecule has 0 aromatic heterocycles. The summed E-state index contributed by atoms with van der Waals surface area (Å²) >= 11 is 0. The molecule has 0 unspecified atom stereocenters. The maximum Gasteiger partial charge on any atom is 0.191 e. The molecule has 6 nitrogen and oxygen atoms in total. The van der Waals surface area contributed by atoms with Crippen molar-refractivity contribution >= 4 is 35.6 Å². The van der Waals surface area contributed by atoms with E-state index in [-0.39, 0.29) is 24.0 Å². The topological polar surface area (TPSA) is 52.1 Å². The van der Waals surface area contributed by atoms with Gasteiger partial charge in [0.2, 0.25) is 0 Å². The summed E-state index contributed by atoms with van der Waals surface area (Å²) in [5.41, 5.74) is 4.10. The van der Waals surface area contributed by atoms with E-state index in [9.17, 15) is 0 Å². The van der Waals surface area contributed by atoms with Gasteiger partial charge >= 0.3 is 0 Å². The van der Waals surface area contributed by atoms with Gasteiger partial charge in [0.25, 0.3) is 0 Å². The van der Waals surface area contributed by atoms with Crippen LogP contribution in [-0.4, -0.2) is 71.4 Å². The zero-order valence-corrected chi connectivity index (χ0v) is 20.3. The number of hydrogen-bond donors (Lipinski definition) is 2. The van der Waals surface area contributed by atoms with Crippen LogP contribution >= 0.6 is 24.0 Å². The maximum absolute atomic E-state index is 5.11. The van der Waals surface area contributed by atoms with Crippen molar-refractivity contribution in [2.24, 2.45) is 4.99 Å². The molecule has 1 aliphatic rings.